The van der Waals surface area contributed by atoms with Crippen LogP contribution < -0.4 is 10.1 Å². The molecular formula is C18H18N2O3S. The maximum absolute atomic E-state index is 12.4. The van der Waals surface area contributed by atoms with Gasteiger partial charge in [-0.3, -0.25) is 9.59 Å². The molecule has 1 aromatic carbocycles. The van der Waals surface area contributed by atoms with Gasteiger partial charge in [0.15, 0.2) is 6.61 Å². The normalized spacial score (nSPS) is 16.2. The van der Waals surface area contributed by atoms with E-state index in [1.165, 1.54) is 10.4 Å². The van der Waals surface area contributed by atoms with Gasteiger partial charge in [-0.2, -0.15) is 0 Å². The summed E-state index contributed by atoms with van der Waals surface area (Å²) >= 11 is 1.76. The Bertz CT molecular complexity index is 799. The number of thiophene rings is 1. The van der Waals surface area contributed by atoms with E-state index in [1.807, 2.05) is 17.0 Å². The summed E-state index contributed by atoms with van der Waals surface area (Å²) in [7, 11) is 0. The molecule has 0 saturated heterocycles. The standard InChI is InChI=1S/C18H18N2O3S/c21-17-4-2-12-1-3-14(9-15(12)19-17)23-11-18(22)20-7-5-16-13(10-20)6-8-24-16/h1,3,6,8-9H,2,4-5,7,10-11H2,(H,19,21). The van der Waals surface area contributed by atoms with Crippen LogP contribution in [0.2, 0.25) is 0 Å². The van der Waals surface area contributed by atoms with E-state index in [0.717, 1.165) is 30.6 Å². The number of hydrogen-bond acceptors (Lipinski definition) is 4. The number of carbonyl (C=O) groups is 2. The number of carbonyl (C=O) groups excluding carboxylic acids is 2. The Kier molecular flexibility index (Phi) is 3.98. The van der Waals surface area contributed by atoms with Crippen molar-refractivity contribution in [2.75, 3.05) is 18.5 Å². The van der Waals surface area contributed by atoms with Gasteiger partial charge in [0, 0.05) is 36.1 Å². The van der Waals surface area contributed by atoms with Crippen molar-refractivity contribution < 1.29 is 14.3 Å². The van der Waals surface area contributed by atoms with Gasteiger partial charge in [-0.25, -0.2) is 0 Å². The second-order valence-corrected chi connectivity index (χ2v) is 7.09. The third kappa shape index (κ3) is 3.01. The molecule has 0 saturated carbocycles. The molecule has 0 bridgehead atoms. The highest BCUT2D eigenvalue weighted by Crippen LogP contribution is 2.27. The number of anilines is 1. The molecule has 4 rings (SSSR count). The molecule has 5 nitrogen and oxygen atoms in total. The fourth-order valence-corrected chi connectivity index (χ4v) is 4.03. The monoisotopic (exact) mass is 342 g/mol. The molecule has 24 heavy (non-hydrogen) atoms. The Morgan fingerprint density at radius 1 is 1.21 bits per heavy atom. The van der Waals surface area contributed by atoms with E-state index in [4.69, 9.17) is 4.74 Å². The Balaban J connectivity index is 1.38. The summed E-state index contributed by atoms with van der Waals surface area (Å²) in [5.41, 5.74) is 3.14. The van der Waals surface area contributed by atoms with Crippen LogP contribution in [0.15, 0.2) is 29.6 Å². The first-order chi connectivity index (χ1) is 11.7. The average molecular weight is 342 g/mol. The second-order valence-electron chi connectivity index (χ2n) is 6.09. The molecule has 0 atom stereocenters. The van der Waals surface area contributed by atoms with Crippen molar-refractivity contribution in [2.24, 2.45) is 0 Å². The highest BCUT2D eigenvalue weighted by atomic mass is 32.1. The molecule has 1 N–H and O–H groups in total. The first-order valence-electron chi connectivity index (χ1n) is 8.07. The van der Waals surface area contributed by atoms with Crippen LogP contribution in [0.5, 0.6) is 5.75 Å². The third-order valence-electron chi connectivity index (χ3n) is 4.50. The van der Waals surface area contributed by atoms with Gasteiger partial charge in [0.2, 0.25) is 5.91 Å². The Morgan fingerprint density at radius 3 is 3.04 bits per heavy atom. The fourth-order valence-electron chi connectivity index (χ4n) is 3.14. The smallest absolute Gasteiger partial charge is 0.260 e. The molecule has 124 valence electrons. The van der Waals surface area contributed by atoms with Gasteiger partial charge in [-0.15, -0.1) is 11.3 Å². The van der Waals surface area contributed by atoms with Crippen LogP contribution >= 0.6 is 11.3 Å². The third-order valence-corrected chi connectivity index (χ3v) is 5.52. The molecule has 0 radical (unpaired) electrons. The number of nitrogens with zero attached hydrogens (tertiary/aromatic N) is 1. The first kappa shape index (κ1) is 15.2. The molecule has 6 heteroatoms. The predicted molar refractivity (Wildman–Crippen MR) is 92.3 cm³/mol. The lowest BCUT2D eigenvalue weighted by Crippen LogP contribution is -2.38. The highest BCUT2D eigenvalue weighted by molar-refractivity contribution is 7.10. The van der Waals surface area contributed by atoms with Crippen molar-refractivity contribution in [3.05, 3.63) is 45.6 Å². The maximum atomic E-state index is 12.4. The van der Waals surface area contributed by atoms with Gasteiger partial charge >= 0.3 is 0 Å². The summed E-state index contributed by atoms with van der Waals surface area (Å²) in [6, 6.07) is 7.70. The number of benzene rings is 1. The molecular weight excluding hydrogens is 324 g/mol. The van der Waals surface area contributed by atoms with Crippen LogP contribution in [0.3, 0.4) is 0 Å². The van der Waals surface area contributed by atoms with Crippen LogP contribution in [-0.2, 0) is 29.0 Å². The molecule has 0 aliphatic carbocycles. The highest BCUT2D eigenvalue weighted by Gasteiger charge is 2.22. The molecule has 2 aromatic rings. The number of hydrogen-bond donors (Lipinski definition) is 1. The quantitative estimate of drug-likeness (QED) is 0.933. The SMILES string of the molecule is O=C1CCc2ccc(OCC(=O)N3CCc4sccc4C3)cc2N1. The Hall–Kier alpha value is -2.34. The Labute approximate surface area is 144 Å². The minimum absolute atomic E-state index is 0.00592. The average Bonchev–Trinajstić information content (AvgIpc) is 3.06. The summed E-state index contributed by atoms with van der Waals surface area (Å²) in [4.78, 5) is 27.1. The lowest BCUT2D eigenvalue weighted by molar-refractivity contribution is -0.134. The van der Waals surface area contributed by atoms with Crippen LogP contribution in [0.25, 0.3) is 0 Å². The Morgan fingerprint density at radius 2 is 2.12 bits per heavy atom. The number of aryl methyl sites for hydroxylation is 1. The summed E-state index contributed by atoms with van der Waals surface area (Å²) in [6.45, 7) is 1.43. The second kappa shape index (κ2) is 6.28. The summed E-state index contributed by atoms with van der Waals surface area (Å²) in [5, 5.41) is 4.93. The van der Waals surface area contributed by atoms with Crippen LogP contribution in [0.4, 0.5) is 5.69 Å². The largest absolute Gasteiger partial charge is 0.484 e. The zero-order chi connectivity index (χ0) is 16.5. The van der Waals surface area contributed by atoms with Gasteiger partial charge in [0.05, 0.1) is 0 Å². The number of nitrogens with one attached hydrogen (secondary N) is 1. The number of fused-ring (bicyclic) bond motifs is 2. The van der Waals surface area contributed by atoms with Gasteiger partial charge in [0.1, 0.15) is 5.75 Å². The van der Waals surface area contributed by atoms with E-state index in [2.05, 4.69) is 16.8 Å². The lowest BCUT2D eigenvalue weighted by atomic mass is 10.0. The number of amides is 2. The van der Waals surface area contributed by atoms with E-state index >= 15 is 0 Å². The molecule has 0 unspecified atom stereocenters. The van der Waals surface area contributed by atoms with Crippen LogP contribution in [0.1, 0.15) is 22.4 Å². The topological polar surface area (TPSA) is 58.6 Å². The van der Waals surface area contributed by atoms with E-state index < -0.39 is 0 Å². The van der Waals surface area contributed by atoms with Crippen molar-refractivity contribution in [1.29, 1.82) is 0 Å². The summed E-state index contributed by atoms with van der Waals surface area (Å²) in [5.74, 6) is 0.627. The molecule has 1 aromatic heterocycles. The van der Waals surface area contributed by atoms with E-state index in [0.29, 0.717) is 18.7 Å². The number of ether oxygens (including phenoxy) is 1. The van der Waals surface area contributed by atoms with Gasteiger partial charge < -0.3 is 15.0 Å². The van der Waals surface area contributed by atoms with E-state index in [1.54, 1.807) is 17.4 Å². The lowest BCUT2D eigenvalue weighted by Gasteiger charge is -2.27. The molecule has 2 amide bonds. The predicted octanol–water partition coefficient (Wildman–Crippen LogP) is 2.60. The van der Waals surface area contributed by atoms with Crippen molar-refractivity contribution in [1.82, 2.24) is 4.90 Å². The zero-order valence-corrected chi connectivity index (χ0v) is 14.0. The van der Waals surface area contributed by atoms with Gasteiger partial charge in [-0.1, -0.05) is 6.07 Å². The summed E-state index contributed by atoms with van der Waals surface area (Å²) < 4.78 is 5.65. The zero-order valence-electron chi connectivity index (χ0n) is 13.2. The van der Waals surface area contributed by atoms with Crippen molar-refractivity contribution in [2.45, 2.75) is 25.8 Å². The van der Waals surface area contributed by atoms with Gasteiger partial charge in [0.25, 0.3) is 5.91 Å². The van der Waals surface area contributed by atoms with E-state index in [-0.39, 0.29) is 18.4 Å². The fraction of sp³-hybridized carbons (Fsp3) is 0.333. The van der Waals surface area contributed by atoms with Crippen molar-refractivity contribution in [3.8, 4) is 5.75 Å². The van der Waals surface area contributed by atoms with Crippen LogP contribution in [0, 0.1) is 0 Å². The van der Waals surface area contributed by atoms with Gasteiger partial charge in [-0.05, 0) is 41.5 Å². The molecule has 2 aliphatic rings. The minimum atomic E-state index is -0.00592. The van der Waals surface area contributed by atoms with Crippen LogP contribution in [-0.4, -0.2) is 29.9 Å². The number of rotatable bonds is 3. The molecule has 2 aliphatic heterocycles. The maximum Gasteiger partial charge on any atom is 0.260 e. The molecule has 3 heterocycles. The first-order valence-corrected chi connectivity index (χ1v) is 8.95. The van der Waals surface area contributed by atoms with Crippen molar-refractivity contribution >= 4 is 28.8 Å². The summed E-state index contributed by atoms with van der Waals surface area (Å²) in [6.07, 6.45) is 2.19. The van der Waals surface area contributed by atoms with E-state index in [9.17, 15) is 9.59 Å². The minimum Gasteiger partial charge on any atom is -0.484 e. The molecule has 0 fully saturated rings. The molecule has 0 spiro atoms. The van der Waals surface area contributed by atoms with Crippen molar-refractivity contribution in [3.63, 3.8) is 0 Å².